The fourth-order valence-corrected chi connectivity index (χ4v) is 3.31. The fraction of sp³-hybridized carbons (Fsp3) is 0.474. The number of carbonyl (C=O) groups excluding carboxylic acids is 1. The molecule has 5 heteroatoms. The molecule has 3 rings (SSSR count). The number of hydrogen-bond donors (Lipinski definition) is 1. The monoisotopic (exact) mass is 326 g/mol. The molecule has 1 saturated carbocycles. The molecule has 0 radical (unpaired) electrons. The number of anilines is 1. The zero-order valence-electron chi connectivity index (χ0n) is 14.3. The standard InChI is InChI=1S/C19H26N4O/c1-22(17-10-6-3-2-4-7-11-17)19(24)21-16-14-20-23(15-16)18-12-8-5-9-13-18/h5,8-9,12-15,17H,2-4,6-7,10-11H2,1H3,(H,21,24). The van der Waals surface area contributed by atoms with Crippen molar-refractivity contribution in [1.29, 1.82) is 0 Å². The number of para-hydroxylation sites is 1. The van der Waals surface area contributed by atoms with Crippen LogP contribution in [0.3, 0.4) is 0 Å². The third kappa shape index (κ3) is 4.16. The van der Waals surface area contributed by atoms with Crippen molar-refractivity contribution in [2.75, 3.05) is 12.4 Å². The summed E-state index contributed by atoms with van der Waals surface area (Å²) < 4.78 is 1.77. The van der Waals surface area contributed by atoms with Crippen LogP contribution in [0.2, 0.25) is 0 Å². The zero-order chi connectivity index (χ0) is 16.8. The Labute approximate surface area is 143 Å². The summed E-state index contributed by atoms with van der Waals surface area (Å²) in [6.07, 6.45) is 12.1. The number of amides is 2. The topological polar surface area (TPSA) is 50.2 Å². The van der Waals surface area contributed by atoms with Crippen LogP contribution in [0, 0.1) is 0 Å². The summed E-state index contributed by atoms with van der Waals surface area (Å²) in [6.45, 7) is 0. The van der Waals surface area contributed by atoms with E-state index in [9.17, 15) is 4.79 Å². The number of urea groups is 1. The SMILES string of the molecule is CN(C(=O)Nc1cnn(-c2ccccc2)c1)C1CCCCCCC1. The Balaban J connectivity index is 1.60. The minimum Gasteiger partial charge on any atom is -0.325 e. The molecule has 1 aliphatic carbocycles. The normalized spacial score (nSPS) is 16.2. The summed E-state index contributed by atoms with van der Waals surface area (Å²) in [4.78, 5) is 14.4. The Hall–Kier alpha value is -2.30. The Morgan fingerprint density at radius 3 is 2.50 bits per heavy atom. The quantitative estimate of drug-likeness (QED) is 0.906. The van der Waals surface area contributed by atoms with Gasteiger partial charge < -0.3 is 10.2 Å². The molecular formula is C19H26N4O. The lowest BCUT2D eigenvalue weighted by Crippen LogP contribution is -2.40. The van der Waals surface area contributed by atoms with Crippen LogP contribution in [0.1, 0.15) is 44.9 Å². The van der Waals surface area contributed by atoms with Crippen molar-refractivity contribution in [2.45, 2.75) is 51.0 Å². The number of hydrogen-bond acceptors (Lipinski definition) is 2. The first-order valence-corrected chi connectivity index (χ1v) is 8.88. The maximum atomic E-state index is 12.5. The van der Waals surface area contributed by atoms with Crippen LogP contribution in [0.4, 0.5) is 10.5 Å². The van der Waals surface area contributed by atoms with E-state index in [1.54, 1.807) is 10.9 Å². The molecule has 2 amide bonds. The molecule has 1 aromatic heterocycles. The number of benzene rings is 1. The van der Waals surface area contributed by atoms with Gasteiger partial charge in [0, 0.05) is 13.1 Å². The molecule has 2 aromatic rings. The number of nitrogens with one attached hydrogen (secondary N) is 1. The second-order valence-corrected chi connectivity index (χ2v) is 6.55. The van der Waals surface area contributed by atoms with Crippen LogP contribution < -0.4 is 5.32 Å². The Morgan fingerprint density at radius 1 is 1.12 bits per heavy atom. The van der Waals surface area contributed by atoms with Crippen LogP contribution in [0.15, 0.2) is 42.7 Å². The second-order valence-electron chi connectivity index (χ2n) is 6.55. The summed E-state index contributed by atoms with van der Waals surface area (Å²) in [5.74, 6) is 0. The maximum absolute atomic E-state index is 12.5. The third-order valence-electron chi connectivity index (χ3n) is 4.80. The number of carbonyl (C=O) groups is 1. The van der Waals surface area contributed by atoms with E-state index in [0.717, 1.165) is 24.2 Å². The smallest absolute Gasteiger partial charge is 0.321 e. The Kier molecular flexibility index (Phi) is 5.51. The Bertz CT molecular complexity index is 644. The largest absolute Gasteiger partial charge is 0.325 e. The molecule has 1 fully saturated rings. The maximum Gasteiger partial charge on any atom is 0.321 e. The van der Waals surface area contributed by atoms with E-state index >= 15 is 0 Å². The van der Waals surface area contributed by atoms with Crippen LogP contribution in [0.5, 0.6) is 0 Å². The zero-order valence-corrected chi connectivity index (χ0v) is 14.3. The van der Waals surface area contributed by atoms with Crippen molar-refractivity contribution in [3.8, 4) is 5.69 Å². The first-order valence-electron chi connectivity index (χ1n) is 8.88. The molecule has 1 heterocycles. The van der Waals surface area contributed by atoms with Crippen molar-refractivity contribution in [3.63, 3.8) is 0 Å². The number of aromatic nitrogens is 2. The molecule has 0 unspecified atom stereocenters. The first-order chi connectivity index (χ1) is 11.7. The predicted molar refractivity (Wildman–Crippen MR) is 96.5 cm³/mol. The molecular weight excluding hydrogens is 300 g/mol. The van der Waals surface area contributed by atoms with Crippen LogP contribution in [0.25, 0.3) is 5.69 Å². The van der Waals surface area contributed by atoms with Crippen LogP contribution in [-0.2, 0) is 0 Å². The van der Waals surface area contributed by atoms with Gasteiger partial charge in [-0.25, -0.2) is 9.48 Å². The van der Waals surface area contributed by atoms with E-state index < -0.39 is 0 Å². The van der Waals surface area contributed by atoms with Gasteiger partial charge in [-0.1, -0.05) is 50.3 Å². The average molecular weight is 326 g/mol. The van der Waals surface area contributed by atoms with Crippen molar-refractivity contribution in [3.05, 3.63) is 42.7 Å². The number of rotatable bonds is 3. The second kappa shape index (κ2) is 7.99. The third-order valence-corrected chi connectivity index (χ3v) is 4.80. The van der Waals surface area contributed by atoms with Crippen molar-refractivity contribution < 1.29 is 4.79 Å². The van der Waals surface area contributed by atoms with Gasteiger partial charge in [-0.15, -0.1) is 0 Å². The lowest BCUT2D eigenvalue weighted by molar-refractivity contribution is 0.191. The van der Waals surface area contributed by atoms with Crippen LogP contribution >= 0.6 is 0 Å². The summed E-state index contributed by atoms with van der Waals surface area (Å²) in [7, 11) is 1.91. The van der Waals surface area contributed by atoms with Gasteiger partial charge >= 0.3 is 6.03 Å². The van der Waals surface area contributed by atoms with E-state index in [2.05, 4.69) is 10.4 Å². The highest BCUT2D eigenvalue weighted by Crippen LogP contribution is 2.21. The molecule has 0 atom stereocenters. The van der Waals surface area contributed by atoms with Gasteiger partial charge in [0.2, 0.25) is 0 Å². The lowest BCUT2D eigenvalue weighted by atomic mass is 9.96. The number of nitrogens with zero attached hydrogens (tertiary/aromatic N) is 3. The van der Waals surface area contributed by atoms with Gasteiger partial charge in [-0.3, -0.25) is 0 Å². The minimum absolute atomic E-state index is 0.0480. The van der Waals surface area contributed by atoms with Gasteiger partial charge in [0.05, 0.1) is 23.8 Å². The van der Waals surface area contributed by atoms with E-state index in [1.165, 1.54) is 32.1 Å². The van der Waals surface area contributed by atoms with Crippen molar-refractivity contribution in [1.82, 2.24) is 14.7 Å². The van der Waals surface area contributed by atoms with Crippen molar-refractivity contribution in [2.24, 2.45) is 0 Å². The minimum atomic E-state index is -0.0480. The molecule has 0 saturated heterocycles. The summed E-state index contributed by atoms with van der Waals surface area (Å²) in [6, 6.07) is 10.2. The molecule has 0 spiro atoms. The first kappa shape index (κ1) is 16.6. The highest BCUT2D eigenvalue weighted by molar-refractivity contribution is 5.89. The molecule has 5 nitrogen and oxygen atoms in total. The summed E-state index contributed by atoms with van der Waals surface area (Å²) >= 11 is 0. The van der Waals surface area contributed by atoms with Gasteiger partial charge in [-0.05, 0) is 25.0 Å². The van der Waals surface area contributed by atoms with Gasteiger partial charge in [0.25, 0.3) is 0 Å². The van der Waals surface area contributed by atoms with Gasteiger partial charge in [-0.2, -0.15) is 5.10 Å². The molecule has 1 N–H and O–H groups in total. The van der Waals surface area contributed by atoms with Crippen LogP contribution in [-0.4, -0.2) is 33.8 Å². The lowest BCUT2D eigenvalue weighted by Gasteiger charge is -2.29. The Morgan fingerprint density at radius 2 is 1.79 bits per heavy atom. The average Bonchev–Trinajstić information content (AvgIpc) is 3.03. The summed E-state index contributed by atoms with van der Waals surface area (Å²) in [5, 5.41) is 7.29. The molecule has 128 valence electrons. The van der Waals surface area contributed by atoms with E-state index in [-0.39, 0.29) is 6.03 Å². The van der Waals surface area contributed by atoms with E-state index in [0.29, 0.717) is 6.04 Å². The summed E-state index contributed by atoms with van der Waals surface area (Å²) in [5.41, 5.74) is 1.70. The highest BCUT2D eigenvalue weighted by Gasteiger charge is 2.21. The highest BCUT2D eigenvalue weighted by atomic mass is 16.2. The van der Waals surface area contributed by atoms with Gasteiger partial charge in [0.15, 0.2) is 0 Å². The molecule has 1 aliphatic rings. The molecule has 0 aliphatic heterocycles. The molecule has 1 aromatic carbocycles. The molecule has 0 bridgehead atoms. The van der Waals surface area contributed by atoms with Gasteiger partial charge in [0.1, 0.15) is 0 Å². The fourth-order valence-electron chi connectivity index (χ4n) is 3.31. The van der Waals surface area contributed by atoms with E-state index in [4.69, 9.17) is 0 Å². The molecule has 24 heavy (non-hydrogen) atoms. The van der Waals surface area contributed by atoms with E-state index in [1.807, 2.05) is 48.5 Å². The predicted octanol–water partition coefficient (Wildman–Crippen LogP) is 4.45. The van der Waals surface area contributed by atoms with Crippen molar-refractivity contribution >= 4 is 11.7 Å².